The monoisotopic (exact) mass is 223 g/mol. The van der Waals surface area contributed by atoms with Crippen molar-refractivity contribution in [1.82, 2.24) is 0 Å². The number of hydrogen-bond donors (Lipinski definition) is 1. The molecule has 1 aliphatic rings. The molecule has 0 saturated carbocycles. The van der Waals surface area contributed by atoms with Gasteiger partial charge in [0.25, 0.3) is 0 Å². The molecule has 4 heteroatoms. The molecule has 0 aromatic heterocycles. The average Bonchev–Trinajstić information content (AvgIpc) is 2.41. The molecule has 3 nitrogen and oxygen atoms in total. The molecule has 1 heterocycles. The molecule has 1 aromatic carbocycles. The van der Waals surface area contributed by atoms with Crippen molar-refractivity contribution in [1.29, 1.82) is 0 Å². The van der Waals surface area contributed by atoms with Crippen molar-refractivity contribution in [2.24, 2.45) is 5.73 Å². The molecule has 1 aromatic rings. The summed E-state index contributed by atoms with van der Waals surface area (Å²) in [6, 6.07) is 5.46. The van der Waals surface area contributed by atoms with Crippen molar-refractivity contribution < 1.29 is 8.42 Å². The van der Waals surface area contributed by atoms with Gasteiger partial charge in [-0.1, -0.05) is 12.1 Å². The zero-order valence-electron chi connectivity index (χ0n) is 8.53. The fourth-order valence-electron chi connectivity index (χ4n) is 1.73. The third-order valence-electron chi connectivity index (χ3n) is 2.51. The van der Waals surface area contributed by atoms with Crippen LogP contribution in [-0.4, -0.2) is 15.0 Å². The number of sulfone groups is 1. The predicted octanol–water partition coefficient (Wildman–Crippen LogP) is 1.47. The van der Waals surface area contributed by atoms with E-state index in [0.717, 1.165) is 11.1 Å². The lowest BCUT2D eigenvalue weighted by Crippen LogP contribution is -2.06. The Bertz CT molecular complexity index is 530. The standard InChI is InChI=1S/C11H13NO2S/c1-8-2-3-9-7-10(4-5-12)15(13,14)11(9)6-8/h2-3,6-7H,4-5,12H2,1H3. The van der Waals surface area contributed by atoms with Gasteiger partial charge in [0, 0.05) is 0 Å². The highest BCUT2D eigenvalue weighted by atomic mass is 32.2. The fourth-order valence-corrected chi connectivity index (χ4v) is 3.46. The zero-order valence-corrected chi connectivity index (χ0v) is 9.34. The van der Waals surface area contributed by atoms with E-state index in [0.29, 0.717) is 22.8 Å². The van der Waals surface area contributed by atoms with Gasteiger partial charge in [-0.25, -0.2) is 8.42 Å². The first-order valence-corrected chi connectivity index (χ1v) is 6.30. The summed E-state index contributed by atoms with van der Waals surface area (Å²) in [5.74, 6) is 0. The molecule has 0 unspecified atom stereocenters. The van der Waals surface area contributed by atoms with Crippen LogP contribution in [0.2, 0.25) is 0 Å². The summed E-state index contributed by atoms with van der Waals surface area (Å²) < 4.78 is 24.0. The van der Waals surface area contributed by atoms with Crippen molar-refractivity contribution in [3.63, 3.8) is 0 Å². The van der Waals surface area contributed by atoms with Crippen LogP contribution in [0, 0.1) is 6.92 Å². The molecule has 1 aliphatic heterocycles. The number of aryl methyl sites for hydroxylation is 1. The zero-order chi connectivity index (χ0) is 11.1. The van der Waals surface area contributed by atoms with E-state index >= 15 is 0 Å². The first-order chi connectivity index (χ1) is 7.05. The average molecular weight is 223 g/mol. The molecule has 0 amide bonds. The lowest BCUT2D eigenvalue weighted by atomic mass is 10.1. The number of nitrogens with two attached hydrogens (primary N) is 1. The third-order valence-corrected chi connectivity index (χ3v) is 4.46. The van der Waals surface area contributed by atoms with Gasteiger partial charge in [0.1, 0.15) is 0 Å². The van der Waals surface area contributed by atoms with Crippen molar-refractivity contribution in [2.75, 3.05) is 6.54 Å². The van der Waals surface area contributed by atoms with Gasteiger partial charge in [0.15, 0.2) is 0 Å². The van der Waals surface area contributed by atoms with E-state index in [1.165, 1.54) is 0 Å². The molecule has 0 spiro atoms. The summed E-state index contributed by atoms with van der Waals surface area (Å²) in [5, 5.41) is 0. The second kappa shape index (κ2) is 3.47. The summed E-state index contributed by atoms with van der Waals surface area (Å²) in [7, 11) is -3.25. The topological polar surface area (TPSA) is 60.2 Å². The van der Waals surface area contributed by atoms with Crippen molar-refractivity contribution in [3.05, 3.63) is 34.2 Å². The van der Waals surface area contributed by atoms with Gasteiger partial charge in [-0.15, -0.1) is 0 Å². The summed E-state index contributed by atoms with van der Waals surface area (Å²) >= 11 is 0. The number of fused-ring (bicyclic) bond motifs is 1. The van der Waals surface area contributed by atoms with Gasteiger partial charge in [-0.05, 0) is 43.2 Å². The Morgan fingerprint density at radius 2 is 2.07 bits per heavy atom. The van der Waals surface area contributed by atoms with E-state index in [9.17, 15) is 8.42 Å². The molecule has 15 heavy (non-hydrogen) atoms. The first kappa shape index (κ1) is 10.4. The van der Waals surface area contributed by atoms with Gasteiger partial charge < -0.3 is 5.73 Å². The maximum absolute atomic E-state index is 12.0. The molecule has 0 fully saturated rings. The molecule has 2 rings (SSSR count). The Kier molecular flexibility index (Phi) is 2.40. The second-order valence-corrected chi connectivity index (χ2v) is 5.67. The minimum atomic E-state index is -3.25. The fraction of sp³-hybridized carbons (Fsp3) is 0.273. The number of hydrogen-bond acceptors (Lipinski definition) is 3. The van der Waals surface area contributed by atoms with Crippen LogP contribution in [-0.2, 0) is 9.84 Å². The predicted molar refractivity (Wildman–Crippen MR) is 60.0 cm³/mol. The van der Waals surface area contributed by atoms with Gasteiger partial charge in [-0.3, -0.25) is 0 Å². The summed E-state index contributed by atoms with van der Waals surface area (Å²) in [6.45, 7) is 2.24. The Morgan fingerprint density at radius 1 is 1.33 bits per heavy atom. The molecule has 0 atom stereocenters. The molecular weight excluding hydrogens is 210 g/mol. The van der Waals surface area contributed by atoms with Crippen LogP contribution < -0.4 is 5.73 Å². The van der Waals surface area contributed by atoms with Gasteiger partial charge in [0.2, 0.25) is 9.84 Å². The van der Waals surface area contributed by atoms with E-state index in [1.807, 2.05) is 19.1 Å². The molecular formula is C11H13NO2S. The highest BCUT2D eigenvalue weighted by Crippen LogP contribution is 2.34. The quantitative estimate of drug-likeness (QED) is 0.826. The Balaban J connectivity index is 2.58. The second-order valence-electron chi connectivity index (χ2n) is 3.69. The maximum Gasteiger partial charge on any atom is 0.203 e. The SMILES string of the molecule is Cc1ccc2c(c1)S(=O)(=O)C(CCN)=C2. The van der Waals surface area contributed by atoms with E-state index in [2.05, 4.69) is 0 Å². The highest BCUT2D eigenvalue weighted by Gasteiger charge is 2.28. The smallest absolute Gasteiger partial charge is 0.203 e. The minimum absolute atomic E-state index is 0.359. The van der Waals surface area contributed by atoms with E-state index in [1.54, 1.807) is 12.1 Å². The molecule has 80 valence electrons. The largest absolute Gasteiger partial charge is 0.330 e. The third kappa shape index (κ3) is 1.60. The normalized spacial score (nSPS) is 17.3. The lowest BCUT2D eigenvalue weighted by Gasteiger charge is -2.02. The molecule has 0 radical (unpaired) electrons. The van der Waals surface area contributed by atoms with Gasteiger partial charge >= 0.3 is 0 Å². The number of rotatable bonds is 2. The van der Waals surface area contributed by atoms with Crippen LogP contribution in [0.3, 0.4) is 0 Å². The van der Waals surface area contributed by atoms with Crippen LogP contribution in [0.1, 0.15) is 17.5 Å². The molecule has 0 saturated heterocycles. The Hall–Kier alpha value is -1.13. The first-order valence-electron chi connectivity index (χ1n) is 4.82. The van der Waals surface area contributed by atoms with E-state index in [-0.39, 0.29) is 0 Å². The van der Waals surface area contributed by atoms with Gasteiger partial charge in [-0.2, -0.15) is 0 Å². The van der Waals surface area contributed by atoms with Crippen LogP contribution in [0.5, 0.6) is 0 Å². The summed E-state index contributed by atoms with van der Waals surface area (Å²) in [6.07, 6.45) is 2.13. The van der Waals surface area contributed by atoms with Crippen LogP contribution in [0.15, 0.2) is 28.0 Å². The lowest BCUT2D eigenvalue weighted by molar-refractivity contribution is 0.601. The molecule has 0 aliphatic carbocycles. The summed E-state index contributed by atoms with van der Waals surface area (Å²) in [5.41, 5.74) is 7.13. The van der Waals surface area contributed by atoms with Crippen molar-refractivity contribution >= 4 is 15.9 Å². The Morgan fingerprint density at radius 3 is 2.73 bits per heavy atom. The molecule has 2 N–H and O–H groups in total. The van der Waals surface area contributed by atoms with E-state index < -0.39 is 9.84 Å². The van der Waals surface area contributed by atoms with E-state index in [4.69, 9.17) is 5.73 Å². The molecule has 0 bridgehead atoms. The Labute approximate surface area is 89.5 Å². The van der Waals surface area contributed by atoms with Crippen LogP contribution in [0.4, 0.5) is 0 Å². The minimum Gasteiger partial charge on any atom is -0.330 e. The maximum atomic E-state index is 12.0. The van der Waals surface area contributed by atoms with Crippen LogP contribution in [0.25, 0.3) is 6.08 Å². The summed E-state index contributed by atoms with van der Waals surface area (Å²) in [4.78, 5) is 0.858. The van der Waals surface area contributed by atoms with Crippen molar-refractivity contribution in [3.8, 4) is 0 Å². The van der Waals surface area contributed by atoms with Crippen LogP contribution >= 0.6 is 0 Å². The number of benzene rings is 1. The van der Waals surface area contributed by atoms with Crippen molar-refractivity contribution in [2.45, 2.75) is 18.2 Å². The highest BCUT2D eigenvalue weighted by molar-refractivity contribution is 7.95. The van der Waals surface area contributed by atoms with Gasteiger partial charge in [0.05, 0.1) is 9.80 Å².